The Kier molecular flexibility index (Phi) is 4.92. The molecule has 1 amide bonds. The summed E-state index contributed by atoms with van der Waals surface area (Å²) in [6.07, 6.45) is -0.581. The highest BCUT2D eigenvalue weighted by Crippen LogP contribution is 2.18. The molecule has 0 bridgehead atoms. The molecule has 25 heavy (non-hydrogen) atoms. The van der Waals surface area contributed by atoms with Crippen LogP contribution in [0, 0.1) is 13.8 Å². The summed E-state index contributed by atoms with van der Waals surface area (Å²) >= 11 is 0. The third kappa shape index (κ3) is 3.75. The second kappa shape index (κ2) is 6.98. The largest absolute Gasteiger partial charge is 0.390 e. The van der Waals surface area contributed by atoms with Gasteiger partial charge in [-0.05, 0) is 25.0 Å². The van der Waals surface area contributed by atoms with E-state index in [-0.39, 0.29) is 11.3 Å². The maximum absolute atomic E-state index is 12.5. The van der Waals surface area contributed by atoms with E-state index in [1.54, 1.807) is 11.0 Å². The number of carbonyl (C=O) groups is 1. The van der Waals surface area contributed by atoms with E-state index in [0.29, 0.717) is 32.7 Å². The molecule has 1 aromatic heterocycles. The normalized spacial score (nSPS) is 19.2. The molecule has 0 radical (unpaired) electrons. The smallest absolute Gasteiger partial charge is 0.219 e. The van der Waals surface area contributed by atoms with Crippen LogP contribution in [0.2, 0.25) is 0 Å². The maximum Gasteiger partial charge on any atom is 0.219 e. The number of hydrogen-bond donors (Lipinski definition) is 2. The Balaban J connectivity index is 1.87. The lowest BCUT2D eigenvalue weighted by molar-refractivity contribution is -0.129. The van der Waals surface area contributed by atoms with E-state index >= 15 is 0 Å². The first-order valence-electron chi connectivity index (χ1n) is 8.63. The first-order valence-corrected chi connectivity index (χ1v) is 8.63. The molecule has 0 unspecified atom stereocenters. The van der Waals surface area contributed by atoms with Crippen molar-refractivity contribution in [1.82, 2.24) is 14.8 Å². The van der Waals surface area contributed by atoms with Crippen LogP contribution in [0.3, 0.4) is 0 Å². The first-order chi connectivity index (χ1) is 11.8. The molecule has 1 atom stereocenters. The molecule has 134 valence electrons. The molecular formula is C19H25N3O3. The van der Waals surface area contributed by atoms with Gasteiger partial charge in [-0.3, -0.25) is 14.5 Å². The van der Waals surface area contributed by atoms with Gasteiger partial charge in [0.05, 0.1) is 11.6 Å². The van der Waals surface area contributed by atoms with E-state index in [4.69, 9.17) is 0 Å². The molecule has 1 saturated heterocycles. The van der Waals surface area contributed by atoms with E-state index in [1.807, 2.05) is 26.0 Å². The van der Waals surface area contributed by atoms with E-state index in [1.165, 1.54) is 6.92 Å². The van der Waals surface area contributed by atoms with Gasteiger partial charge >= 0.3 is 0 Å². The van der Waals surface area contributed by atoms with Crippen molar-refractivity contribution in [3.05, 3.63) is 45.2 Å². The van der Waals surface area contributed by atoms with Crippen molar-refractivity contribution in [3.63, 3.8) is 0 Å². The number of aromatic nitrogens is 1. The average Bonchev–Trinajstić information content (AvgIpc) is 2.72. The van der Waals surface area contributed by atoms with Crippen molar-refractivity contribution in [1.29, 1.82) is 0 Å². The average molecular weight is 343 g/mol. The summed E-state index contributed by atoms with van der Waals surface area (Å²) in [6.45, 7) is 8.09. The van der Waals surface area contributed by atoms with Crippen molar-refractivity contribution in [2.45, 2.75) is 33.4 Å². The van der Waals surface area contributed by atoms with Crippen LogP contribution in [0.4, 0.5) is 0 Å². The van der Waals surface area contributed by atoms with E-state index in [9.17, 15) is 14.7 Å². The number of carbonyl (C=O) groups excluding carboxylic acids is 1. The Morgan fingerprint density at radius 2 is 1.96 bits per heavy atom. The Morgan fingerprint density at radius 3 is 2.68 bits per heavy atom. The molecule has 2 N–H and O–H groups in total. The van der Waals surface area contributed by atoms with Crippen molar-refractivity contribution in [3.8, 4) is 0 Å². The summed E-state index contributed by atoms with van der Waals surface area (Å²) in [7, 11) is 0. The molecule has 0 spiro atoms. The Hall–Kier alpha value is -2.18. The molecular weight excluding hydrogens is 318 g/mol. The number of aliphatic hydroxyl groups excluding tert-OH is 1. The summed E-state index contributed by atoms with van der Waals surface area (Å²) in [5, 5.41) is 10.9. The maximum atomic E-state index is 12.5. The highest BCUT2D eigenvalue weighted by molar-refractivity contribution is 5.84. The van der Waals surface area contributed by atoms with Gasteiger partial charge in [-0.25, -0.2) is 0 Å². The molecule has 1 fully saturated rings. The molecule has 0 saturated carbocycles. The van der Waals surface area contributed by atoms with Crippen molar-refractivity contribution < 1.29 is 9.90 Å². The van der Waals surface area contributed by atoms with Crippen LogP contribution in [-0.4, -0.2) is 58.1 Å². The highest BCUT2D eigenvalue weighted by Gasteiger charge is 2.23. The lowest BCUT2D eigenvalue weighted by Gasteiger charge is -2.21. The van der Waals surface area contributed by atoms with Crippen LogP contribution in [0.5, 0.6) is 0 Å². The summed E-state index contributed by atoms with van der Waals surface area (Å²) in [5.41, 5.74) is 3.73. The number of hydrogen-bond acceptors (Lipinski definition) is 4. The lowest BCUT2D eigenvalue weighted by atomic mass is 10.0. The number of nitrogens with one attached hydrogen (secondary N) is 1. The summed E-state index contributed by atoms with van der Waals surface area (Å²) < 4.78 is 0. The zero-order valence-corrected chi connectivity index (χ0v) is 15.0. The van der Waals surface area contributed by atoms with E-state index in [2.05, 4.69) is 9.88 Å². The summed E-state index contributed by atoms with van der Waals surface area (Å²) in [4.78, 5) is 31.3. The number of aromatic amines is 1. The van der Waals surface area contributed by atoms with Gasteiger partial charge in [-0.2, -0.15) is 0 Å². The van der Waals surface area contributed by atoms with Gasteiger partial charge in [-0.1, -0.05) is 12.1 Å². The van der Waals surface area contributed by atoms with Crippen molar-refractivity contribution >= 4 is 16.8 Å². The number of aliphatic hydroxyl groups is 1. The van der Waals surface area contributed by atoms with Gasteiger partial charge in [0, 0.05) is 56.8 Å². The predicted molar refractivity (Wildman–Crippen MR) is 97.6 cm³/mol. The standard InChI is InChI=1S/C19H25N3O3/c1-12-4-5-13(2)19-18(12)17(25)8-15(20-19)9-21-6-7-22(14(3)23)11-16(24)10-21/h4-5,8,16,24H,6-7,9-11H2,1-3H3,(H,20,25)/t16-/m1/s1. The molecule has 1 aliphatic rings. The van der Waals surface area contributed by atoms with Crippen LogP contribution < -0.4 is 5.43 Å². The summed E-state index contributed by atoms with van der Waals surface area (Å²) in [5.74, 6) is -0.0221. The van der Waals surface area contributed by atoms with Crippen LogP contribution in [0.25, 0.3) is 10.9 Å². The molecule has 3 rings (SSSR count). The molecule has 1 aliphatic heterocycles. The van der Waals surface area contributed by atoms with Gasteiger partial charge in [0.1, 0.15) is 0 Å². The number of β-amino-alcohol motifs (C(OH)–C–C–N with tert-alkyl or cyclic N) is 1. The van der Waals surface area contributed by atoms with Crippen LogP contribution in [0.1, 0.15) is 23.7 Å². The van der Waals surface area contributed by atoms with Crippen molar-refractivity contribution in [2.75, 3.05) is 26.2 Å². The van der Waals surface area contributed by atoms with Gasteiger partial charge < -0.3 is 15.0 Å². The van der Waals surface area contributed by atoms with E-state index in [0.717, 1.165) is 27.7 Å². The number of fused-ring (bicyclic) bond motifs is 1. The summed E-state index contributed by atoms with van der Waals surface area (Å²) in [6, 6.07) is 5.63. The second-order valence-electron chi connectivity index (χ2n) is 6.96. The van der Waals surface area contributed by atoms with Crippen LogP contribution >= 0.6 is 0 Å². The third-order valence-corrected chi connectivity index (χ3v) is 4.88. The van der Waals surface area contributed by atoms with Gasteiger partial charge in [0.15, 0.2) is 5.43 Å². The monoisotopic (exact) mass is 343 g/mol. The minimum atomic E-state index is -0.581. The SMILES string of the molecule is CC(=O)N1CCN(Cc2cc(=O)c3c(C)ccc(C)c3[nH]2)C[C@@H](O)C1. The number of rotatable bonds is 2. The number of nitrogens with zero attached hydrogens (tertiary/aromatic N) is 2. The Morgan fingerprint density at radius 1 is 1.24 bits per heavy atom. The van der Waals surface area contributed by atoms with E-state index < -0.39 is 6.10 Å². The molecule has 1 aromatic carbocycles. The van der Waals surface area contributed by atoms with Gasteiger partial charge in [-0.15, -0.1) is 0 Å². The zero-order valence-electron chi connectivity index (χ0n) is 15.0. The molecule has 0 aliphatic carbocycles. The Bertz CT molecular complexity index is 859. The zero-order chi connectivity index (χ0) is 18.1. The number of aryl methyl sites for hydroxylation is 2. The second-order valence-corrected chi connectivity index (χ2v) is 6.96. The minimum Gasteiger partial charge on any atom is -0.390 e. The number of pyridine rings is 1. The number of H-pyrrole nitrogens is 1. The third-order valence-electron chi connectivity index (χ3n) is 4.88. The van der Waals surface area contributed by atoms with Gasteiger partial charge in [0.2, 0.25) is 5.91 Å². The quantitative estimate of drug-likeness (QED) is 0.858. The molecule has 2 heterocycles. The van der Waals surface area contributed by atoms with Gasteiger partial charge in [0.25, 0.3) is 0 Å². The van der Waals surface area contributed by atoms with Crippen LogP contribution in [0.15, 0.2) is 23.0 Å². The van der Waals surface area contributed by atoms with Crippen molar-refractivity contribution in [2.24, 2.45) is 0 Å². The molecule has 6 nitrogen and oxygen atoms in total. The Labute approximate surface area is 147 Å². The fraction of sp³-hybridized carbons (Fsp3) is 0.474. The predicted octanol–water partition coefficient (Wildman–Crippen LogP) is 1.17. The minimum absolute atomic E-state index is 0.0192. The first kappa shape index (κ1) is 17.6. The number of amides is 1. The topological polar surface area (TPSA) is 76.6 Å². The fourth-order valence-electron chi connectivity index (χ4n) is 3.53. The molecule has 2 aromatic rings. The molecule has 6 heteroatoms. The highest BCUT2D eigenvalue weighted by atomic mass is 16.3. The van der Waals surface area contributed by atoms with Crippen LogP contribution in [-0.2, 0) is 11.3 Å². The number of benzene rings is 1. The lowest BCUT2D eigenvalue weighted by Crippen LogP contribution is -2.36. The fourth-order valence-corrected chi connectivity index (χ4v) is 3.53.